The van der Waals surface area contributed by atoms with Gasteiger partial charge in [-0.1, -0.05) is 0 Å². The lowest BCUT2D eigenvalue weighted by molar-refractivity contribution is -0.140. The van der Waals surface area contributed by atoms with Crippen molar-refractivity contribution in [1.82, 2.24) is 14.9 Å². The first-order valence-corrected chi connectivity index (χ1v) is 6.76. The quantitative estimate of drug-likeness (QED) is 0.763. The zero-order chi connectivity index (χ0) is 13.5. The molecule has 1 aromatic heterocycles. The van der Waals surface area contributed by atoms with E-state index in [0.717, 1.165) is 12.2 Å². The fraction of sp³-hybridized carbons (Fsp3) is 0.545. The smallest absolute Gasteiger partial charge is 0.327 e. The lowest BCUT2D eigenvalue weighted by Gasteiger charge is -2.12. The number of carboxylic acids is 1. The number of thioether (sulfide) groups is 1. The molecule has 0 saturated carbocycles. The lowest BCUT2D eigenvalue weighted by atomic mass is 10.3. The number of nitrogens with zero attached hydrogens (tertiary/aromatic N) is 2. The van der Waals surface area contributed by atoms with Crippen LogP contribution in [0.4, 0.5) is 0 Å². The van der Waals surface area contributed by atoms with Gasteiger partial charge in [-0.05, 0) is 6.92 Å². The minimum absolute atomic E-state index is 0.332. The van der Waals surface area contributed by atoms with E-state index in [4.69, 9.17) is 5.11 Å². The third kappa shape index (κ3) is 4.40. The number of carbonyl (C=O) groups is 2. The number of hydrogen-bond donors (Lipinski definition) is 2. The molecule has 0 spiro atoms. The molecular weight excluding hydrogens is 254 g/mol. The van der Waals surface area contributed by atoms with Gasteiger partial charge in [0, 0.05) is 36.9 Å². The molecule has 0 aliphatic rings. The van der Waals surface area contributed by atoms with E-state index in [1.807, 2.05) is 11.5 Å². The number of aryl methyl sites for hydroxylation is 1. The van der Waals surface area contributed by atoms with Crippen LogP contribution >= 0.6 is 11.8 Å². The first-order chi connectivity index (χ1) is 8.54. The molecule has 0 fully saturated rings. The summed E-state index contributed by atoms with van der Waals surface area (Å²) in [5.41, 5.74) is 1.05. The number of carbonyl (C=O) groups excluding carboxylic acids is 1. The molecule has 2 N–H and O–H groups in total. The maximum Gasteiger partial charge on any atom is 0.327 e. The summed E-state index contributed by atoms with van der Waals surface area (Å²) in [6, 6.07) is -0.842. The summed E-state index contributed by atoms with van der Waals surface area (Å²) in [6.07, 6.45) is 3.52. The van der Waals surface area contributed by atoms with Crippen molar-refractivity contribution in [3.63, 3.8) is 0 Å². The van der Waals surface area contributed by atoms with Crippen LogP contribution in [0.1, 0.15) is 19.5 Å². The summed E-state index contributed by atoms with van der Waals surface area (Å²) in [7, 11) is 0. The third-order valence-electron chi connectivity index (χ3n) is 2.35. The maximum atomic E-state index is 10.9. The molecule has 1 atom stereocenters. The average Bonchev–Trinajstić information content (AvgIpc) is 2.74. The Kier molecular flexibility index (Phi) is 5.70. The SMILES string of the molecule is CCn1cncc1CSC[C@H](NC(C)=O)C(=O)O. The Labute approximate surface area is 110 Å². The Hall–Kier alpha value is -1.50. The van der Waals surface area contributed by atoms with Crippen molar-refractivity contribution in [3.05, 3.63) is 18.2 Å². The highest BCUT2D eigenvalue weighted by molar-refractivity contribution is 7.98. The fourth-order valence-corrected chi connectivity index (χ4v) is 2.48. The van der Waals surface area contributed by atoms with Gasteiger partial charge < -0.3 is 15.0 Å². The molecule has 1 heterocycles. The van der Waals surface area contributed by atoms with Crippen LogP contribution in [0, 0.1) is 0 Å². The zero-order valence-corrected chi connectivity index (χ0v) is 11.2. The number of rotatable bonds is 7. The van der Waals surface area contributed by atoms with Crippen LogP contribution in [0.3, 0.4) is 0 Å². The topological polar surface area (TPSA) is 84.2 Å². The summed E-state index contributed by atoms with van der Waals surface area (Å²) in [5, 5.41) is 11.3. The largest absolute Gasteiger partial charge is 0.480 e. The second-order valence-electron chi connectivity index (χ2n) is 3.78. The van der Waals surface area contributed by atoms with E-state index in [1.165, 1.54) is 18.7 Å². The van der Waals surface area contributed by atoms with Crippen molar-refractivity contribution in [1.29, 1.82) is 0 Å². The summed E-state index contributed by atoms with van der Waals surface area (Å²) < 4.78 is 2.00. The molecule has 6 nitrogen and oxygen atoms in total. The predicted molar refractivity (Wildman–Crippen MR) is 69.3 cm³/mol. The summed E-state index contributed by atoms with van der Waals surface area (Å²) in [5.74, 6) is -0.329. The van der Waals surface area contributed by atoms with Gasteiger partial charge in [-0.15, -0.1) is 0 Å². The Bertz CT molecular complexity index is 419. The molecule has 0 unspecified atom stereocenters. The number of aliphatic carboxylic acids is 1. The molecule has 1 amide bonds. The highest BCUT2D eigenvalue weighted by Crippen LogP contribution is 2.13. The van der Waals surface area contributed by atoms with Crippen LogP contribution < -0.4 is 5.32 Å². The van der Waals surface area contributed by atoms with Gasteiger partial charge in [0.2, 0.25) is 5.91 Å². The number of amides is 1. The van der Waals surface area contributed by atoms with Gasteiger partial charge in [-0.25, -0.2) is 9.78 Å². The van der Waals surface area contributed by atoms with Crippen molar-refractivity contribution in [2.75, 3.05) is 5.75 Å². The van der Waals surface area contributed by atoms with Crippen LogP contribution in [0.2, 0.25) is 0 Å². The minimum Gasteiger partial charge on any atom is -0.480 e. The van der Waals surface area contributed by atoms with E-state index < -0.39 is 12.0 Å². The molecule has 7 heteroatoms. The van der Waals surface area contributed by atoms with Crippen molar-refractivity contribution in [2.24, 2.45) is 0 Å². The standard InChI is InChI=1S/C11H17N3O3S/c1-3-14-7-12-4-9(14)5-18-6-10(11(16)17)13-8(2)15/h4,7,10H,3,5-6H2,1-2H3,(H,13,15)(H,16,17)/t10-/m0/s1. The van der Waals surface area contributed by atoms with Gasteiger partial charge in [0.25, 0.3) is 0 Å². The van der Waals surface area contributed by atoms with Gasteiger partial charge in [0.1, 0.15) is 6.04 Å². The highest BCUT2D eigenvalue weighted by atomic mass is 32.2. The molecule has 1 aromatic rings. The van der Waals surface area contributed by atoms with Crippen LogP contribution in [-0.2, 0) is 21.9 Å². The molecule has 1 rings (SSSR count). The Balaban J connectivity index is 2.43. The van der Waals surface area contributed by atoms with E-state index in [-0.39, 0.29) is 5.91 Å². The van der Waals surface area contributed by atoms with Gasteiger partial charge in [-0.2, -0.15) is 11.8 Å². The van der Waals surface area contributed by atoms with E-state index in [2.05, 4.69) is 10.3 Å². The van der Waals surface area contributed by atoms with Gasteiger partial charge in [0.05, 0.1) is 6.33 Å². The molecule has 0 radical (unpaired) electrons. The van der Waals surface area contributed by atoms with E-state index in [0.29, 0.717) is 11.5 Å². The monoisotopic (exact) mass is 271 g/mol. The van der Waals surface area contributed by atoms with Gasteiger partial charge in [0.15, 0.2) is 0 Å². The average molecular weight is 271 g/mol. The molecule has 0 aliphatic carbocycles. The van der Waals surface area contributed by atoms with Crippen molar-refractivity contribution < 1.29 is 14.7 Å². The van der Waals surface area contributed by atoms with Crippen LogP contribution in [0.25, 0.3) is 0 Å². The highest BCUT2D eigenvalue weighted by Gasteiger charge is 2.18. The second kappa shape index (κ2) is 7.05. The van der Waals surface area contributed by atoms with Crippen LogP contribution in [0.5, 0.6) is 0 Å². The Morgan fingerprint density at radius 2 is 2.33 bits per heavy atom. The number of carboxylic acid groups (broad SMARTS) is 1. The molecule has 0 aliphatic heterocycles. The third-order valence-corrected chi connectivity index (χ3v) is 3.42. The molecule has 0 bridgehead atoms. The van der Waals surface area contributed by atoms with Crippen molar-refractivity contribution >= 4 is 23.6 Å². The first kappa shape index (κ1) is 14.6. The molecule has 100 valence electrons. The van der Waals surface area contributed by atoms with Crippen molar-refractivity contribution in [3.8, 4) is 0 Å². The van der Waals surface area contributed by atoms with Gasteiger partial charge >= 0.3 is 5.97 Å². The van der Waals surface area contributed by atoms with Crippen LogP contribution in [0.15, 0.2) is 12.5 Å². The second-order valence-corrected chi connectivity index (χ2v) is 4.81. The van der Waals surface area contributed by atoms with E-state index >= 15 is 0 Å². The van der Waals surface area contributed by atoms with E-state index in [9.17, 15) is 9.59 Å². The molecule has 0 saturated heterocycles. The Morgan fingerprint density at radius 3 is 2.89 bits per heavy atom. The number of hydrogen-bond acceptors (Lipinski definition) is 4. The minimum atomic E-state index is -1.01. The van der Waals surface area contributed by atoms with Crippen molar-refractivity contribution in [2.45, 2.75) is 32.2 Å². The number of nitrogens with one attached hydrogen (secondary N) is 1. The predicted octanol–water partition coefficient (Wildman–Crippen LogP) is 0.726. The number of imidazole rings is 1. The first-order valence-electron chi connectivity index (χ1n) is 5.61. The molecule has 18 heavy (non-hydrogen) atoms. The fourth-order valence-electron chi connectivity index (χ4n) is 1.45. The Morgan fingerprint density at radius 1 is 1.61 bits per heavy atom. The molecular formula is C11H17N3O3S. The zero-order valence-electron chi connectivity index (χ0n) is 10.4. The molecule has 0 aromatic carbocycles. The number of aromatic nitrogens is 2. The maximum absolute atomic E-state index is 10.9. The summed E-state index contributed by atoms with van der Waals surface area (Å²) in [6.45, 7) is 4.17. The summed E-state index contributed by atoms with van der Waals surface area (Å²) >= 11 is 1.46. The lowest BCUT2D eigenvalue weighted by Crippen LogP contribution is -2.41. The van der Waals surface area contributed by atoms with Gasteiger partial charge in [-0.3, -0.25) is 4.79 Å². The normalized spacial score (nSPS) is 12.1. The van der Waals surface area contributed by atoms with E-state index in [1.54, 1.807) is 12.5 Å². The summed E-state index contributed by atoms with van der Waals surface area (Å²) in [4.78, 5) is 25.8. The van der Waals surface area contributed by atoms with Crippen LogP contribution in [-0.4, -0.2) is 38.3 Å².